The number of hydrogen-bond donors (Lipinski definition) is 3. The van der Waals surface area contributed by atoms with Crippen LogP contribution in [0.4, 0.5) is 0 Å². The zero-order valence-electron chi connectivity index (χ0n) is 9.45. The SMILES string of the molecule is O=C(OCC1CC(O)CCN1)[C@@H]1CCCN1. The van der Waals surface area contributed by atoms with E-state index in [9.17, 15) is 9.90 Å². The summed E-state index contributed by atoms with van der Waals surface area (Å²) >= 11 is 0. The number of aliphatic hydroxyl groups is 1. The molecule has 0 saturated carbocycles. The number of ether oxygens (including phenoxy) is 1. The Morgan fingerprint density at radius 3 is 2.88 bits per heavy atom. The van der Waals surface area contributed by atoms with Crippen molar-refractivity contribution in [3.05, 3.63) is 0 Å². The van der Waals surface area contributed by atoms with Crippen LogP contribution in [0.2, 0.25) is 0 Å². The topological polar surface area (TPSA) is 70.6 Å². The number of aliphatic hydroxyl groups excluding tert-OH is 1. The van der Waals surface area contributed by atoms with Crippen molar-refractivity contribution < 1.29 is 14.6 Å². The molecular weight excluding hydrogens is 208 g/mol. The fraction of sp³-hybridized carbons (Fsp3) is 0.909. The van der Waals surface area contributed by atoms with Crippen molar-refractivity contribution in [3.8, 4) is 0 Å². The van der Waals surface area contributed by atoms with Crippen molar-refractivity contribution >= 4 is 5.97 Å². The second-order valence-electron chi connectivity index (χ2n) is 4.61. The number of carbonyl (C=O) groups excluding carboxylic acids is 1. The Kier molecular flexibility index (Phi) is 4.15. The van der Waals surface area contributed by atoms with Crippen LogP contribution in [-0.2, 0) is 9.53 Å². The first-order chi connectivity index (χ1) is 7.75. The molecule has 0 bridgehead atoms. The van der Waals surface area contributed by atoms with Gasteiger partial charge in [0.1, 0.15) is 12.6 Å². The Morgan fingerprint density at radius 2 is 2.19 bits per heavy atom. The molecule has 5 heteroatoms. The average molecular weight is 228 g/mol. The van der Waals surface area contributed by atoms with Crippen LogP contribution in [0.3, 0.4) is 0 Å². The third-order valence-electron chi connectivity index (χ3n) is 3.24. The van der Waals surface area contributed by atoms with Crippen LogP contribution < -0.4 is 10.6 Å². The lowest BCUT2D eigenvalue weighted by molar-refractivity contribution is -0.147. The van der Waals surface area contributed by atoms with Gasteiger partial charge >= 0.3 is 5.97 Å². The predicted octanol–water partition coefficient (Wildman–Crippen LogP) is -0.605. The lowest BCUT2D eigenvalue weighted by Crippen LogP contribution is -2.44. The molecule has 2 unspecified atom stereocenters. The maximum Gasteiger partial charge on any atom is 0.323 e. The van der Waals surface area contributed by atoms with Gasteiger partial charge in [0.05, 0.1) is 6.10 Å². The van der Waals surface area contributed by atoms with Gasteiger partial charge in [0.2, 0.25) is 0 Å². The summed E-state index contributed by atoms with van der Waals surface area (Å²) in [6.07, 6.45) is 3.12. The van der Waals surface area contributed by atoms with E-state index in [1.54, 1.807) is 0 Å². The number of hydrogen-bond acceptors (Lipinski definition) is 5. The van der Waals surface area contributed by atoms with E-state index in [1.165, 1.54) is 0 Å². The van der Waals surface area contributed by atoms with Crippen molar-refractivity contribution in [2.24, 2.45) is 0 Å². The van der Waals surface area contributed by atoms with Gasteiger partial charge in [-0.3, -0.25) is 4.79 Å². The fourth-order valence-electron chi connectivity index (χ4n) is 2.28. The maximum absolute atomic E-state index is 11.6. The van der Waals surface area contributed by atoms with E-state index in [0.717, 1.165) is 32.4 Å². The van der Waals surface area contributed by atoms with Gasteiger partial charge in [-0.25, -0.2) is 0 Å². The van der Waals surface area contributed by atoms with Gasteiger partial charge in [-0.2, -0.15) is 0 Å². The summed E-state index contributed by atoms with van der Waals surface area (Å²) in [5.74, 6) is -0.153. The third-order valence-corrected chi connectivity index (χ3v) is 3.24. The first-order valence-corrected chi connectivity index (χ1v) is 6.07. The summed E-state index contributed by atoms with van der Waals surface area (Å²) in [5.41, 5.74) is 0. The van der Waals surface area contributed by atoms with Crippen LogP contribution in [-0.4, -0.2) is 49.0 Å². The van der Waals surface area contributed by atoms with Gasteiger partial charge < -0.3 is 20.5 Å². The molecule has 0 amide bonds. The number of nitrogens with one attached hydrogen (secondary N) is 2. The van der Waals surface area contributed by atoms with E-state index >= 15 is 0 Å². The molecule has 0 aromatic rings. The molecule has 5 nitrogen and oxygen atoms in total. The minimum atomic E-state index is -0.255. The number of rotatable bonds is 3. The number of carbonyl (C=O) groups is 1. The molecule has 0 spiro atoms. The zero-order chi connectivity index (χ0) is 11.4. The second-order valence-corrected chi connectivity index (χ2v) is 4.61. The van der Waals surface area contributed by atoms with Crippen LogP contribution in [0.25, 0.3) is 0 Å². The van der Waals surface area contributed by atoms with E-state index in [0.29, 0.717) is 13.0 Å². The molecule has 92 valence electrons. The molecule has 3 atom stereocenters. The smallest absolute Gasteiger partial charge is 0.323 e. The van der Waals surface area contributed by atoms with Crippen molar-refractivity contribution in [1.82, 2.24) is 10.6 Å². The number of piperidine rings is 1. The highest BCUT2D eigenvalue weighted by Crippen LogP contribution is 2.10. The van der Waals surface area contributed by atoms with Gasteiger partial charge in [0.15, 0.2) is 0 Å². The summed E-state index contributed by atoms with van der Waals surface area (Å²) in [5, 5.41) is 15.8. The van der Waals surface area contributed by atoms with Gasteiger partial charge in [-0.05, 0) is 38.8 Å². The van der Waals surface area contributed by atoms with E-state index in [-0.39, 0.29) is 24.2 Å². The fourth-order valence-corrected chi connectivity index (χ4v) is 2.28. The molecule has 0 radical (unpaired) electrons. The number of esters is 1. The quantitative estimate of drug-likeness (QED) is 0.562. The molecule has 0 aromatic heterocycles. The van der Waals surface area contributed by atoms with E-state index in [2.05, 4.69) is 10.6 Å². The Bertz CT molecular complexity index is 241. The molecule has 2 aliphatic heterocycles. The van der Waals surface area contributed by atoms with Crippen molar-refractivity contribution in [2.75, 3.05) is 19.7 Å². The van der Waals surface area contributed by atoms with E-state index < -0.39 is 0 Å². The molecule has 2 aliphatic rings. The lowest BCUT2D eigenvalue weighted by Gasteiger charge is -2.27. The third kappa shape index (κ3) is 3.17. The summed E-state index contributed by atoms with van der Waals surface area (Å²) in [4.78, 5) is 11.6. The van der Waals surface area contributed by atoms with Crippen LogP contribution >= 0.6 is 0 Å². The molecule has 2 fully saturated rings. The molecule has 16 heavy (non-hydrogen) atoms. The van der Waals surface area contributed by atoms with Crippen molar-refractivity contribution in [3.63, 3.8) is 0 Å². The predicted molar refractivity (Wildman–Crippen MR) is 59.0 cm³/mol. The largest absolute Gasteiger partial charge is 0.463 e. The summed E-state index contributed by atoms with van der Waals surface area (Å²) in [7, 11) is 0. The highest BCUT2D eigenvalue weighted by molar-refractivity contribution is 5.76. The molecule has 0 aromatic carbocycles. The maximum atomic E-state index is 11.6. The highest BCUT2D eigenvalue weighted by Gasteiger charge is 2.25. The normalized spacial score (nSPS) is 34.9. The van der Waals surface area contributed by atoms with Gasteiger partial charge in [-0.15, -0.1) is 0 Å². The van der Waals surface area contributed by atoms with Gasteiger partial charge in [0, 0.05) is 6.04 Å². The Labute approximate surface area is 95.5 Å². The van der Waals surface area contributed by atoms with Crippen molar-refractivity contribution in [1.29, 1.82) is 0 Å². The van der Waals surface area contributed by atoms with E-state index in [1.807, 2.05) is 0 Å². The molecule has 2 heterocycles. The Hall–Kier alpha value is -0.650. The first kappa shape index (κ1) is 11.8. The molecule has 2 saturated heterocycles. The summed E-state index contributed by atoms with van der Waals surface area (Å²) < 4.78 is 5.24. The summed E-state index contributed by atoms with van der Waals surface area (Å²) in [6, 6.07) is -0.0115. The Morgan fingerprint density at radius 1 is 1.31 bits per heavy atom. The monoisotopic (exact) mass is 228 g/mol. The zero-order valence-corrected chi connectivity index (χ0v) is 9.45. The average Bonchev–Trinajstić information content (AvgIpc) is 2.79. The molecule has 3 N–H and O–H groups in total. The first-order valence-electron chi connectivity index (χ1n) is 6.07. The molecule has 0 aliphatic carbocycles. The minimum absolute atomic E-state index is 0.106. The second kappa shape index (κ2) is 5.61. The summed E-state index contributed by atoms with van der Waals surface area (Å²) in [6.45, 7) is 2.07. The van der Waals surface area contributed by atoms with Crippen LogP contribution in [0.15, 0.2) is 0 Å². The van der Waals surface area contributed by atoms with Gasteiger partial charge in [-0.1, -0.05) is 0 Å². The Balaban J connectivity index is 1.67. The van der Waals surface area contributed by atoms with Gasteiger partial charge in [0.25, 0.3) is 0 Å². The lowest BCUT2D eigenvalue weighted by atomic mass is 10.0. The minimum Gasteiger partial charge on any atom is -0.463 e. The van der Waals surface area contributed by atoms with Crippen LogP contribution in [0.5, 0.6) is 0 Å². The highest BCUT2D eigenvalue weighted by atomic mass is 16.5. The van der Waals surface area contributed by atoms with Crippen LogP contribution in [0.1, 0.15) is 25.7 Å². The standard InChI is InChI=1S/C11H20N2O3/c14-9-3-5-12-8(6-9)7-16-11(15)10-2-1-4-13-10/h8-10,12-14H,1-7H2/t8?,9?,10-/m0/s1. The molecule has 2 rings (SSSR count). The van der Waals surface area contributed by atoms with E-state index in [4.69, 9.17) is 4.74 Å². The van der Waals surface area contributed by atoms with Crippen molar-refractivity contribution in [2.45, 2.75) is 43.9 Å². The molecular formula is C11H20N2O3. The van der Waals surface area contributed by atoms with Crippen LogP contribution in [0, 0.1) is 0 Å².